The van der Waals surface area contributed by atoms with Gasteiger partial charge in [0.15, 0.2) is 5.78 Å². The maximum absolute atomic E-state index is 12.7. The monoisotopic (exact) mass is 508 g/mol. The third kappa shape index (κ3) is 6.94. The lowest BCUT2D eigenvalue weighted by molar-refractivity contribution is 0.0322. The molecule has 1 aliphatic heterocycles. The number of hydrogen-bond donors (Lipinski definition) is 2. The molecule has 1 heterocycles. The fourth-order valence-corrected chi connectivity index (χ4v) is 4.74. The van der Waals surface area contributed by atoms with Gasteiger partial charge in [-0.2, -0.15) is 0 Å². The summed E-state index contributed by atoms with van der Waals surface area (Å²) in [5.74, 6) is 0.0400. The number of morpholine rings is 1. The number of hydrogen-bond acceptors (Lipinski definition) is 7. The van der Waals surface area contributed by atoms with Crippen LogP contribution in [0.5, 0.6) is 11.5 Å². The van der Waals surface area contributed by atoms with E-state index in [0.29, 0.717) is 6.61 Å². The number of nitrogens with one attached hydrogen (secondary N) is 1. The van der Waals surface area contributed by atoms with Crippen LogP contribution in [0.2, 0.25) is 0 Å². The van der Waals surface area contributed by atoms with E-state index in [1.165, 1.54) is 36.4 Å². The van der Waals surface area contributed by atoms with E-state index in [2.05, 4.69) is 9.62 Å². The number of ether oxygens (including phenoxy) is 2. The molecule has 0 unspecified atom stereocenters. The minimum atomic E-state index is -3.82. The van der Waals surface area contributed by atoms with E-state index >= 15 is 0 Å². The Morgan fingerprint density at radius 3 is 2.47 bits per heavy atom. The van der Waals surface area contributed by atoms with Gasteiger partial charge in [0.05, 0.1) is 23.7 Å². The van der Waals surface area contributed by atoms with Crippen molar-refractivity contribution in [3.8, 4) is 11.5 Å². The molecule has 0 atom stereocenters. The maximum Gasteiger partial charge on any atom is 0.261 e. The first kappa shape index (κ1) is 25.4. The van der Waals surface area contributed by atoms with Crippen molar-refractivity contribution in [1.29, 1.82) is 0 Å². The van der Waals surface area contributed by atoms with Gasteiger partial charge in [-0.1, -0.05) is 36.4 Å². The Morgan fingerprint density at radius 2 is 1.75 bits per heavy atom. The molecule has 4 rings (SSSR count). The molecule has 8 nitrogen and oxygen atoms in total. The van der Waals surface area contributed by atoms with Gasteiger partial charge < -0.3 is 14.6 Å². The molecule has 188 valence electrons. The lowest BCUT2D eigenvalue weighted by atomic mass is 10.1. The molecule has 0 bridgehead atoms. The summed E-state index contributed by atoms with van der Waals surface area (Å²) in [6.07, 6.45) is 2.96. The Balaban J connectivity index is 1.36. The number of phenolic OH excluding ortho intramolecular Hbond substituents is 1. The van der Waals surface area contributed by atoms with E-state index < -0.39 is 15.8 Å². The molecule has 36 heavy (non-hydrogen) atoms. The molecular weight excluding hydrogens is 480 g/mol. The van der Waals surface area contributed by atoms with Gasteiger partial charge in [-0.05, 0) is 54.1 Å². The van der Waals surface area contributed by atoms with Crippen molar-refractivity contribution < 1.29 is 27.8 Å². The molecular formula is C27H28N2O6S. The van der Waals surface area contributed by atoms with E-state index in [1.807, 2.05) is 24.3 Å². The normalized spacial score (nSPS) is 14.6. The second-order valence-corrected chi connectivity index (χ2v) is 9.90. The number of aromatic hydroxyl groups is 1. The van der Waals surface area contributed by atoms with Crippen LogP contribution in [-0.2, 0) is 14.8 Å². The highest BCUT2D eigenvalue weighted by molar-refractivity contribution is 7.92. The molecule has 0 aliphatic carbocycles. The largest absolute Gasteiger partial charge is 0.507 e. The van der Waals surface area contributed by atoms with Gasteiger partial charge in [0.1, 0.15) is 18.1 Å². The van der Waals surface area contributed by atoms with E-state index in [1.54, 1.807) is 24.3 Å². The average molecular weight is 509 g/mol. The van der Waals surface area contributed by atoms with Crippen LogP contribution < -0.4 is 9.46 Å². The highest BCUT2D eigenvalue weighted by atomic mass is 32.2. The van der Waals surface area contributed by atoms with Crippen molar-refractivity contribution in [2.75, 3.05) is 44.2 Å². The summed E-state index contributed by atoms with van der Waals surface area (Å²) < 4.78 is 38.7. The van der Waals surface area contributed by atoms with Gasteiger partial charge in [-0.3, -0.25) is 14.4 Å². The SMILES string of the molecule is O=C(C=Cc1ccc(OCCN2CCOCC2)cc1)c1cc(NS(=O)(=O)c2ccccc2)ccc1O. The van der Waals surface area contributed by atoms with Gasteiger partial charge >= 0.3 is 0 Å². The lowest BCUT2D eigenvalue weighted by Gasteiger charge is -2.26. The summed E-state index contributed by atoms with van der Waals surface area (Å²) in [4.78, 5) is 15.1. The van der Waals surface area contributed by atoms with E-state index in [9.17, 15) is 18.3 Å². The van der Waals surface area contributed by atoms with E-state index in [4.69, 9.17) is 9.47 Å². The number of nitrogens with zero attached hydrogens (tertiary/aromatic N) is 1. The van der Waals surface area contributed by atoms with Crippen molar-refractivity contribution in [3.05, 3.63) is 90.0 Å². The van der Waals surface area contributed by atoms with Gasteiger partial charge in [-0.25, -0.2) is 8.42 Å². The second kappa shape index (κ2) is 11.9. The highest BCUT2D eigenvalue weighted by Crippen LogP contribution is 2.25. The molecule has 0 amide bonds. The number of allylic oxidation sites excluding steroid dienone is 1. The van der Waals surface area contributed by atoms with Crippen molar-refractivity contribution in [3.63, 3.8) is 0 Å². The number of ketones is 1. The number of phenols is 1. The molecule has 0 saturated carbocycles. The highest BCUT2D eigenvalue weighted by Gasteiger charge is 2.16. The number of rotatable bonds is 10. The first-order chi connectivity index (χ1) is 17.4. The minimum absolute atomic E-state index is 0.0115. The Bertz CT molecular complexity index is 1300. The van der Waals surface area contributed by atoms with Crippen molar-refractivity contribution in [1.82, 2.24) is 4.90 Å². The van der Waals surface area contributed by atoms with Crippen LogP contribution in [-0.4, -0.2) is 63.7 Å². The number of benzene rings is 3. The molecule has 0 spiro atoms. The van der Waals surface area contributed by atoms with Crippen LogP contribution in [0.1, 0.15) is 15.9 Å². The topological polar surface area (TPSA) is 105 Å². The van der Waals surface area contributed by atoms with Gasteiger partial charge in [0.25, 0.3) is 10.0 Å². The van der Waals surface area contributed by atoms with Crippen molar-refractivity contribution >= 4 is 27.6 Å². The van der Waals surface area contributed by atoms with Crippen molar-refractivity contribution in [2.24, 2.45) is 0 Å². The molecule has 0 radical (unpaired) electrons. The van der Waals surface area contributed by atoms with Crippen molar-refractivity contribution in [2.45, 2.75) is 4.90 Å². The molecule has 1 fully saturated rings. The second-order valence-electron chi connectivity index (χ2n) is 8.22. The van der Waals surface area contributed by atoms with Crippen LogP contribution in [0.4, 0.5) is 5.69 Å². The van der Waals surface area contributed by atoms with Crippen LogP contribution in [0, 0.1) is 0 Å². The van der Waals surface area contributed by atoms with Gasteiger partial charge in [-0.15, -0.1) is 0 Å². The quantitative estimate of drug-likeness (QED) is 0.244. The maximum atomic E-state index is 12.7. The van der Waals surface area contributed by atoms with Crippen LogP contribution in [0.3, 0.4) is 0 Å². The van der Waals surface area contributed by atoms with Gasteiger partial charge in [0, 0.05) is 25.3 Å². The molecule has 1 aliphatic rings. The molecule has 9 heteroatoms. The molecule has 0 aromatic heterocycles. The van der Waals surface area contributed by atoms with Gasteiger partial charge in [0.2, 0.25) is 0 Å². The third-order valence-electron chi connectivity index (χ3n) is 5.65. The number of carbonyl (C=O) groups is 1. The van der Waals surface area contributed by atoms with Crippen LogP contribution in [0.15, 0.2) is 83.8 Å². The molecule has 2 N–H and O–H groups in total. The van der Waals surface area contributed by atoms with E-state index in [-0.39, 0.29) is 21.9 Å². The summed E-state index contributed by atoms with van der Waals surface area (Å²) in [5, 5.41) is 10.2. The molecule has 3 aromatic rings. The smallest absolute Gasteiger partial charge is 0.261 e. The first-order valence-corrected chi connectivity index (χ1v) is 13.1. The Labute approximate surface area is 210 Å². The Hall–Kier alpha value is -3.66. The number of carbonyl (C=O) groups excluding carboxylic acids is 1. The fraction of sp³-hybridized carbons (Fsp3) is 0.222. The Kier molecular flexibility index (Phi) is 8.37. The van der Waals surface area contributed by atoms with Crippen LogP contribution in [0.25, 0.3) is 6.08 Å². The number of sulfonamides is 1. The average Bonchev–Trinajstić information content (AvgIpc) is 2.90. The molecule has 3 aromatic carbocycles. The summed E-state index contributed by atoms with van der Waals surface area (Å²) in [5.41, 5.74) is 0.943. The fourth-order valence-electron chi connectivity index (χ4n) is 3.66. The summed E-state index contributed by atoms with van der Waals surface area (Å²) in [6.45, 7) is 4.76. The minimum Gasteiger partial charge on any atom is -0.507 e. The predicted octanol–water partition coefficient (Wildman–Crippen LogP) is 3.80. The Morgan fingerprint density at radius 1 is 1.03 bits per heavy atom. The summed E-state index contributed by atoms with van der Waals surface area (Å²) in [6, 6.07) is 19.2. The zero-order valence-corrected chi connectivity index (χ0v) is 20.5. The standard InChI is InChI=1S/C27H28N2O6S/c30-26(12-8-21-6-10-23(11-7-21)35-19-16-29-14-17-34-18-15-29)25-20-22(9-13-27(25)31)28-36(32,33)24-4-2-1-3-5-24/h1-13,20,28,31H,14-19H2. The number of anilines is 1. The van der Waals surface area contributed by atoms with Crippen LogP contribution >= 0.6 is 0 Å². The van der Waals surface area contributed by atoms with E-state index in [0.717, 1.165) is 44.2 Å². The zero-order chi connectivity index (χ0) is 25.4. The summed E-state index contributed by atoms with van der Waals surface area (Å²) >= 11 is 0. The predicted molar refractivity (Wildman–Crippen MR) is 138 cm³/mol. The summed E-state index contributed by atoms with van der Waals surface area (Å²) in [7, 11) is -3.82. The lowest BCUT2D eigenvalue weighted by Crippen LogP contribution is -2.38. The first-order valence-electron chi connectivity index (χ1n) is 11.6. The molecule has 1 saturated heterocycles. The third-order valence-corrected chi connectivity index (χ3v) is 7.05. The zero-order valence-electron chi connectivity index (χ0n) is 19.7.